The molecule has 0 saturated heterocycles. The van der Waals surface area contributed by atoms with Gasteiger partial charge in [0.25, 0.3) is 0 Å². The number of nitrogens with two attached hydrogens (primary N) is 1. The summed E-state index contributed by atoms with van der Waals surface area (Å²) in [6.45, 7) is 0. The van der Waals surface area contributed by atoms with Crippen molar-refractivity contribution in [1.82, 2.24) is 15.2 Å². The highest BCUT2D eigenvalue weighted by Gasteiger charge is 2.14. The summed E-state index contributed by atoms with van der Waals surface area (Å²) in [5.74, 6) is 5.53. The Bertz CT molecular complexity index is 407. The van der Waals surface area contributed by atoms with E-state index in [1.54, 1.807) is 18.7 Å². The fourth-order valence-corrected chi connectivity index (χ4v) is 1.62. The molecule has 2 aromatic heterocycles. The molecule has 5 nitrogen and oxygen atoms in total. The highest BCUT2D eigenvalue weighted by Crippen LogP contribution is 2.16. The first-order valence-corrected chi connectivity index (χ1v) is 4.76. The van der Waals surface area contributed by atoms with Crippen LogP contribution in [0.15, 0.2) is 35.3 Å². The van der Waals surface area contributed by atoms with Crippen LogP contribution in [-0.2, 0) is 13.5 Å². The molecule has 0 aliphatic carbocycles. The molecule has 1 unspecified atom stereocenters. The normalized spacial score (nSPS) is 12.9. The summed E-state index contributed by atoms with van der Waals surface area (Å²) >= 11 is 0. The van der Waals surface area contributed by atoms with Crippen LogP contribution >= 0.6 is 0 Å². The summed E-state index contributed by atoms with van der Waals surface area (Å²) in [4.78, 5) is 0. The summed E-state index contributed by atoms with van der Waals surface area (Å²) in [5.41, 5.74) is 4.95. The van der Waals surface area contributed by atoms with Gasteiger partial charge in [0, 0.05) is 13.2 Å². The van der Waals surface area contributed by atoms with E-state index in [-0.39, 0.29) is 6.04 Å². The summed E-state index contributed by atoms with van der Waals surface area (Å²) in [6.07, 6.45) is 5.93. The Balaban J connectivity index is 2.15. The maximum Gasteiger partial charge on any atom is 0.0935 e. The van der Waals surface area contributed by atoms with Crippen LogP contribution in [0.3, 0.4) is 0 Å². The maximum absolute atomic E-state index is 5.53. The first-order valence-electron chi connectivity index (χ1n) is 4.76. The number of hydrogen-bond donors (Lipinski definition) is 2. The van der Waals surface area contributed by atoms with Gasteiger partial charge >= 0.3 is 0 Å². The van der Waals surface area contributed by atoms with E-state index in [4.69, 9.17) is 10.3 Å². The van der Waals surface area contributed by atoms with Crippen LogP contribution in [-0.4, -0.2) is 9.78 Å². The molecule has 0 radical (unpaired) electrons. The Kier molecular flexibility index (Phi) is 2.84. The third kappa shape index (κ3) is 2.08. The molecule has 0 saturated carbocycles. The number of hydrogen-bond acceptors (Lipinski definition) is 4. The first kappa shape index (κ1) is 9.95. The number of aromatic nitrogens is 2. The van der Waals surface area contributed by atoms with Crippen LogP contribution in [0.4, 0.5) is 0 Å². The zero-order valence-electron chi connectivity index (χ0n) is 8.55. The molecule has 0 amide bonds. The van der Waals surface area contributed by atoms with Gasteiger partial charge in [0.2, 0.25) is 0 Å². The molecule has 0 spiro atoms. The lowest BCUT2D eigenvalue weighted by molar-refractivity contribution is 0.503. The molecule has 3 N–H and O–H groups in total. The number of hydrazine groups is 1. The van der Waals surface area contributed by atoms with Gasteiger partial charge in [-0.3, -0.25) is 16.0 Å². The minimum atomic E-state index is 0.0510. The second-order valence-corrected chi connectivity index (χ2v) is 3.43. The summed E-state index contributed by atoms with van der Waals surface area (Å²) in [7, 11) is 1.90. The first-order chi connectivity index (χ1) is 7.31. The van der Waals surface area contributed by atoms with Gasteiger partial charge in [-0.1, -0.05) is 0 Å². The molecule has 0 fully saturated rings. The predicted molar refractivity (Wildman–Crippen MR) is 55.7 cm³/mol. The lowest BCUT2D eigenvalue weighted by Crippen LogP contribution is -2.31. The van der Waals surface area contributed by atoms with Crippen LogP contribution < -0.4 is 11.3 Å². The smallest absolute Gasteiger partial charge is 0.0935 e. The average Bonchev–Trinajstić information content (AvgIpc) is 2.85. The van der Waals surface area contributed by atoms with Crippen LogP contribution in [0, 0.1) is 0 Å². The standard InChI is InChI=1S/C10H14N4O/c1-14-10(2-4-12-14)9(13-11)6-8-3-5-15-7-8/h2-5,7,9,13H,6,11H2,1H3. The quantitative estimate of drug-likeness (QED) is 0.572. The van der Waals surface area contributed by atoms with Gasteiger partial charge < -0.3 is 4.42 Å². The van der Waals surface area contributed by atoms with E-state index in [9.17, 15) is 0 Å². The van der Waals surface area contributed by atoms with Gasteiger partial charge in [0.05, 0.1) is 24.3 Å². The van der Waals surface area contributed by atoms with Crippen molar-refractivity contribution in [3.05, 3.63) is 42.1 Å². The Morgan fingerprint density at radius 1 is 1.60 bits per heavy atom. The molecule has 0 aromatic carbocycles. The number of nitrogens with zero attached hydrogens (tertiary/aromatic N) is 2. The lowest BCUT2D eigenvalue weighted by atomic mass is 10.1. The highest BCUT2D eigenvalue weighted by molar-refractivity contribution is 5.14. The molecule has 0 bridgehead atoms. The molecule has 15 heavy (non-hydrogen) atoms. The van der Waals surface area contributed by atoms with Crippen molar-refractivity contribution in [2.45, 2.75) is 12.5 Å². The topological polar surface area (TPSA) is 69.0 Å². The molecule has 0 aliphatic rings. The Hall–Kier alpha value is -1.59. The minimum Gasteiger partial charge on any atom is -0.472 e. The zero-order valence-corrected chi connectivity index (χ0v) is 8.55. The number of rotatable bonds is 4. The summed E-state index contributed by atoms with van der Waals surface area (Å²) < 4.78 is 6.83. The van der Waals surface area contributed by atoms with Crippen LogP contribution in [0.5, 0.6) is 0 Å². The van der Waals surface area contributed by atoms with Gasteiger partial charge in [-0.15, -0.1) is 0 Å². The predicted octanol–water partition coefficient (Wildman–Crippen LogP) is 0.760. The monoisotopic (exact) mass is 206 g/mol. The van der Waals surface area contributed by atoms with E-state index in [0.29, 0.717) is 0 Å². The van der Waals surface area contributed by atoms with Crippen molar-refractivity contribution in [3.63, 3.8) is 0 Å². The maximum atomic E-state index is 5.53. The van der Waals surface area contributed by atoms with Crippen molar-refractivity contribution in [3.8, 4) is 0 Å². The number of nitrogens with one attached hydrogen (secondary N) is 1. The molecule has 2 heterocycles. The molecule has 2 rings (SSSR count). The van der Waals surface area contributed by atoms with Crippen molar-refractivity contribution in [2.24, 2.45) is 12.9 Å². The molecular formula is C10H14N4O. The van der Waals surface area contributed by atoms with Crippen molar-refractivity contribution < 1.29 is 4.42 Å². The van der Waals surface area contributed by atoms with Crippen molar-refractivity contribution in [1.29, 1.82) is 0 Å². The lowest BCUT2D eigenvalue weighted by Gasteiger charge is -2.14. The fourth-order valence-electron chi connectivity index (χ4n) is 1.62. The van der Waals surface area contributed by atoms with E-state index in [0.717, 1.165) is 17.7 Å². The van der Waals surface area contributed by atoms with Crippen molar-refractivity contribution in [2.75, 3.05) is 0 Å². The minimum absolute atomic E-state index is 0.0510. The SMILES string of the molecule is Cn1nccc1C(Cc1ccoc1)NN. The molecule has 0 aliphatic heterocycles. The average molecular weight is 206 g/mol. The van der Waals surface area contributed by atoms with Crippen molar-refractivity contribution >= 4 is 0 Å². The molecule has 5 heteroatoms. The summed E-state index contributed by atoms with van der Waals surface area (Å²) in [5, 5.41) is 4.11. The fraction of sp³-hybridized carbons (Fsp3) is 0.300. The Morgan fingerprint density at radius 3 is 3.00 bits per heavy atom. The molecule has 1 atom stereocenters. The number of aryl methyl sites for hydroxylation is 1. The van der Waals surface area contributed by atoms with Crippen LogP contribution in [0.2, 0.25) is 0 Å². The van der Waals surface area contributed by atoms with E-state index in [1.807, 2.05) is 23.9 Å². The van der Waals surface area contributed by atoms with Gasteiger partial charge in [0.15, 0.2) is 0 Å². The second-order valence-electron chi connectivity index (χ2n) is 3.43. The van der Waals surface area contributed by atoms with Gasteiger partial charge in [-0.05, 0) is 24.1 Å². The van der Waals surface area contributed by atoms with Crippen LogP contribution in [0.1, 0.15) is 17.3 Å². The van der Waals surface area contributed by atoms with E-state index >= 15 is 0 Å². The zero-order chi connectivity index (χ0) is 10.7. The second kappa shape index (κ2) is 4.29. The van der Waals surface area contributed by atoms with Crippen LogP contribution in [0.25, 0.3) is 0 Å². The number of furan rings is 1. The van der Waals surface area contributed by atoms with E-state index in [2.05, 4.69) is 10.5 Å². The van der Waals surface area contributed by atoms with Gasteiger partial charge in [-0.25, -0.2) is 0 Å². The summed E-state index contributed by atoms with van der Waals surface area (Å²) in [6, 6.07) is 3.93. The van der Waals surface area contributed by atoms with Gasteiger partial charge in [0.1, 0.15) is 0 Å². The van der Waals surface area contributed by atoms with E-state index in [1.165, 1.54) is 0 Å². The third-order valence-corrected chi connectivity index (χ3v) is 2.44. The molecule has 2 aromatic rings. The molecule has 80 valence electrons. The highest BCUT2D eigenvalue weighted by atomic mass is 16.3. The van der Waals surface area contributed by atoms with E-state index < -0.39 is 0 Å². The molecular weight excluding hydrogens is 192 g/mol. The third-order valence-electron chi connectivity index (χ3n) is 2.44. The Labute approximate surface area is 87.8 Å². The largest absolute Gasteiger partial charge is 0.472 e. The Morgan fingerprint density at radius 2 is 2.47 bits per heavy atom. The van der Waals surface area contributed by atoms with Gasteiger partial charge in [-0.2, -0.15) is 5.10 Å².